The third-order valence-electron chi connectivity index (χ3n) is 9.45. The highest BCUT2D eigenvalue weighted by Crippen LogP contribution is 2.47. The molecule has 10 rings (SSSR count). The number of anilines is 3. The maximum absolute atomic E-state index is 6.24. The number of furan rings is 1. The van der Waals surface area contributed by atoms with Gasteiger partial charge < -0.3 is 9.32 Å². The smallest absolute Gasteiger partial charge is 0.135 e. The predicted octanol–water partition coefficient (Wildman–Crippen LogP) is 13.4. The Labute approximate surface area is 275 Å². The average Bonchev–Trinajstić information content (AvgIpc) is 3.71. The fourth-order valence-electron chi connectivity index (χ4n) is 7.27. The van der Waals surface area contributed by atoms with Crippen molar-refractivity contribution in [1.82, 2.24) is 0 Å². The second kappa shape index (κ2) is 10.3. The van der Waals surface area contributed by atoms with Crippen molar-refractivity contribution in [3.8, 4) is 11.1 Å². The van der Waals surface area contributed by atoms with Gasteiger partial charge in [-0.1, -0.05) is 115 Å². The molecule has 47 heavy (non-hydrogen) atoms. The Morgan fingerprint density at radius 3 is 2.00 bits per heavy atom. The number of benzene rings is 8. The maximum atomic E-state index is 6.24. The summed E-state index contributed by atoms with van der Waals surface area (Å²) in [6.45, 7) is 0. The molecule has 0 saturated carbocycles. The standard InChI is InChI=1S/C44H27NOS/c1-3-12-33-28(9-1)11-7-15-34(33)30-19-22-31(23-20-30)45(32-24-26-41-38(27-32)36-14-5-6-17-40(36)46-41)39-16-8-18-42-43(39)37-25-21-29-10-2-4-13-35(29)44(37)47-42/h1-27H. The average molecular weight is 618 g/mol. The molecule has 220 valence electrons. The van der Waals surface area contributed by atoms with E-state index in [1.807, 2.05) is 23.5 Å². The summed E-state index contributed by atoms with van der Waals surface area (Å²) in [6.07, 6.45) is 0. The van der Waals surface area contributed by atoms with E-state index in [2.05, 4.69) is 157 Å². The van der Waals surface area contributed by atoms with Gasteiger partial charge >= 0.3 is 0 Å². The van der Waals surface area contributed by atoms with E-state index < -0.39 is 0 Å². The van der Waals surface area contributed by atoms with Crippen LogP contribution in [0.25, 0.3) is 74.8 Å². The minimum absolute atomic E-state index is 0.895. The molecule has 0 radical (unpaired) electrons. The van der Waals surface area contributed by atoms with Gasteiger partial charge in [0.25, 0.3) is 0 Å². The first-order valence-electron chi connectivity index (χ1n) is 15.9. The van der Waals surface area contributed by atoms with Gasteiger partial charge in [0.05, 0.1) is 5.69 Å². The summed E-state index contributed by atoms with van der Waals surface area (Å²) in [5.41, 5.74) is 7.60. The van der Waals surface area contributed by atoms with Crippen LogP contribution in [0, 0.1) is 0 Å². The molecule has 0 saturated heterocycles. The quantitative estimate of drug-likeness (QED) is 0.195. The molecule has 2 aromatic heterocycles. The summed E-state index contributed by atoms with van der Waals surface area (Å²) >= 11 is 1.88. The first-order chi connectivity index (χ1) is 23.3. The molecule has 8 aromatic carbocycles. The van der Waals surface area contributed by atoms with Crippen molar-refractivity contribution in [2.75, 3.05) is 4.90 Å². The SMILES string of the molecule is c1ccc2c(-c3ccc(N(c4ccc5oc6ccccc6c5c4)c4cccc5sc6c7ccccc7ccc6c45)cc3)cccc2c1. The second-order valence-corrected chi connectivity index (χ2v) is 13.2. The van der Waals surface area contributed by atoms with E-state index in [1.54, 1.807) is 0 Å². The van der Waals surface area contributed by atoms with E-state index >= 15 is 0 Å². The van der Waals surface area contributed by atoms with Gasteiger partial charge in [0.1, 0.15) is 11.2 Å². The van der Waals surface area contributed by atoms with E-state index in [1.165, 1.54) is 52.8 Å². The van der Waals surface area contributed by atoms with Crippen molar-refractivity contribution in [3.05, 3.63) is 164 Å². The molecule has 0 aliphatic heterocycles. The van der Waals surface area contributed by atoms with Crippen molar-refractivity contribution in [2.45, 2.75) is 0 Å². The number of para-hydroxylation sites is 1. The van der Waals surface area contributed by atoms with Gasteiger partial charge in [0, 0.05) is 42.3 Å². The predicted molar refractivity (Wildman–Crippen MR) is 202 cm³/mol. The lowest BCUT2D eigenvalue weighted by Gasteiger charge is -2.27. The summed E-state index contributed by atoms with van der Waals surface area (Å²) < 4.78 is 8.84. The van der Waals surface area contributed by atoms with Gasteiger partial charge in [-0.15, -0.1) is 11.3 Å². The van der Waals surface area contributed by atoms with Crippen LogP contribution in [0.3, 0.4) is 0 Å². The van der Waals surface area contributed by atoms with Crippen LogP contribution >= 0.6 is 11.3 Å². The molecule has 0 unspecified atom stereocenters. The molecule has 0 aliphatic carbocycles. The van der Waals surface area contributed by atoms with Gasteiger partial charge in [-0.2, -0.15) is 0 Å². The highest BCUT2D eigenvalue weighted by molar-refractivity contribution is 7.26. The molecule has 3 heteroatoms. The molecule has 2 heterocycles. The molecule has 0 spiro atoms. The van der Waals surface area contributed by atoms with E-state index in [9.17, 15) is 0 Å². The molecule has 0 amide bonds. The van der Waals surface area contributed by atoms with Gasteiger partial charge in [-0.25, -0.2) is 0 Å². The van der Waals surface area contributed by atoms with Crippen molar-refractivity contribution >= 4 is 92.1 Å². The Hall–Kier alpha value is -5.90. The second-order valence-electron chi connectivity index (χ2n) is 12.1. The Balaban J connectivity index is 1.22. The lowest BCUT2D eigenvalue weighted by molar-refractivity contribution is 0.669. The molecular formula is C44H27NOS. The summed E-state index contributed by atoms with van der Waals surface area (Å²) in [7, 11) is 0. The number of thiophene rings is 1. The third-order valence-corrected chi connectivity index (χ3v) is 10.7. The fraction of sp³-hybridized carbons (Fsp3) is 0. The minimum atomic E-state index is 0.895. The fourth-order valence-corrected chi connectivity index (χ4v) is 8.53. The van der Waals surface area contributed by atoms with Crippen LogP contribution in [-0.4, -0.2) is 0 Å². The van der Waals surface area contributed by atoms with Gasteiger partial charge in [-0.05, 0) is 81.2 Å². The van der Waals surface area contributed by atoms with Crippen LogP contribution < -0.4 is 4.90 Å². The molecule has 2 nitrogen and oxygen atoms in total. The number of hydrogen-bond donors (Lipinski definition) is 0. The van der Waals surface area contributed by atoms with Crippen molar-refractivity contribution < 1.29 is 4.42 Å². The molecular weight excluding hydrogens is 591 g/mol. The summed E-state index contributed by atoms with van der Waals surface area (Å²) in [4.78, 5) is 2.41. The molecule has 10 aromatic rings. The highest BCUT2D eigenvalue weighted by Gasteiger charge is 2.20. The number of nitrogens with zero attached hydrogens (tertiary/aromatic N) is 1. The maximum Gasteiger partial charge on any atom is 0.135 e. The van der Waals surface area contributed by atoms with Crippen LogP contribution in [0.4, 0.5) is 17.1 Å². The van der Waals surface area contributed by atoms with Crippen molar-refractivity contribution in [3.63, 3.8) is 0 Å². The van der Waals surface area contributed by atoms with Crippen LogP contribution in [0.2, 0.25) is 0 Å². The minimum Gasteiger partial charge on any atom is -0.456 e. The van der Waals surface area contributed by atoms with Crippen LogP contribution in [0.15, 0.2) is 168 Å². The van der Waals surface area contributed by atoms with Gasteiger partial charge in [0.2, 0.25) is 0 Å². The Morgan fingerprint density at radius 2 is 1.13 bits per heavy atom. The van der Waals surface area contributed by atoms with Gasteiger partial charge in [-0.3, -0.25) is 0 Å². The number of rotatable bonds is 4. The van der Waals surface area contributed by atoms with Crippen molar-refractivity contribution in [2.24, 2.45) is 0 Å². The molecule has 0 atom stereocenters. The normalized spacial score (nSPS) is 11.8. The molecule has 0 fully saturated rings. The molecule has 0 bridgehead atoms. The lowest BCUT2D eigenvalue weighted by atomic mass is 9.98. The number of hydrogen-bond acceptors (Lipinski definition) is 3. The van der Waals surface area contributed by atoms with E-state index in [-0.39, 0.29) is 0 Å². The Bertz CT molecular complexity index is 2800. The first kappa shape index (κ1) is 26.3. The largest absolute Gasteiger partial charge is 0.456 e. The lowest BCUT2D eigenvalue weighted by Crippen LogP contribution is -2.10. The summed E-state index contributed by atoms with van der Waals surface area (Å²) in [5, 5.41) is 9.88. The van der Waals surface area contributed by atoms with E-state index in [0.29, 0.717) is 0 Å². The van der Waals surface area contributed by atoms with Gasteiger partial charge in [0.15, 0.2) is 0 Å². The van der Waals surface area contributed by atoms with Crippen molar-refractivity contribution in [1.29, 1.82) is 0 Å². The van der Waals surface area contributed by atoms with E-state index in [0.717, 1.165) is 39.0 Å². The van der Waals surface area contributed by atoms with Crippen LogP contribution in [0.5, 0.6) is 0 Å². The third kappa shape index (κ3) is 4.10. The summed E-state index contributed by atoms with van der Waals surface area (Å²) in [6, 6.07) is 59.0. The van der Waals surface area contributed by atoms with Crippen LogP contribution in [0.1, 0.15) is 0 Å². The molecule has 0 aliphatic rings. The zero-order valence-corrected chi connectivity index (χ0v) is 26.2. The Kier molecular flexibility index (Phi) is 5.78. The number of fused-ring (bicyclic) bond motifs is 9. The molecule has 0 N–H and O–H groups in total. The zero-order chi connectivity index (χ0) is 30.9. The first-order valence-corrected chi connectivity index (χ1v) is 16.7. The monoisotopic (exact) mass is 617 g/mol. The topological polar surface area (TPSA) is 16.4 Å². The zero-order valence-electron chi connectivity index (χ0n) is 25.4. The summed E-state index contributed by atoms with van der Waals surface area (Å²) in [5.74, 6) is 0. The van der Waals surface area contributed by atoms with E-state index in [4.69, 9.17) is 4.42 Å². The van der Waals surface area contributed by atoms with Crippen LogP contribution in [-0.2, 0) is 0 Å². The highest BCUT2D eigenvalue weighted by atomic mass is 32.1. The Morgan fingerprint density at radius 1 is 0.447 bits per heavy atom.